The average molecular weight is 228 g/mol. The van der Waals surface area contributed by atoms with Crippen molar-refractivity contribution in [2.24, 2.45) is 5.92 Å². The van der Waals surface area contributed by atoms with Crippen LogP contribution in [0, 0.1) is 5.92 Å². The third-order valence-electron chi connectivity index (χ3n) is 1.65. The van der Waals surface area contributed by atoms with Gasteiger partial charge in [0.25, 0.3) is 0 Å². The maximum atomic E-state index is 12.4. The molecule has 0 bridgehead atoms. The predicted molar refractivity (Wildman–Crippen MR) is 31.9 cm³/mol. The summed E-state index contributed by atoms with van der Waals surface area (Å²) in [5.74, 6) is -9.56. The van der Waals surface area contributed by atoms with Crippen LogP contribution in [0.1, 0.15) is 0 Å². The molecule has 1 aliphatic rings. The molecular formula is C5H3F7S. The Balaban J connectivity index is 2.95. The van der Waals surface area contributed by atoms with E-state index < -0.39 is 40.8 Å². The summed E-state index contributed by atoms with van der Waals surface area (Å²) >= 11 is -0.662. The van der Waals surface area contributed by atoms with Crippen molar-refractivity contribution < 1.29 is 30.7 Å². The number of thioether (sulfide) groups is 1. The van der Waals surface area contributed by atoms with E-state index in [2.05, 4.69) is 0 Å². The number of hydrogen-bond donors (Lipinski definition) is 0. The Morgan fingerprint density at radius 1 is 1.08 bits per heavy atom. The van der Waals surface area contributed by atoms with E-state index in [0.29, 0.717) is 0 Å². The molecule has 1 heterocycles. The van der Waals surface area contributed by atoms with E-state index in [9.17, 15) is 30.7 Å². The van der Waals surface area contributed by atoms with E-state index in [1.165, 1.54) is 0 Å². The van der Waals surface area contributed by atoms with Gasteiger partial charge in [0, 0.05) is 5.75 Å². The van der Waals surface area contributed by atoms with E-state index in [1.54, 1.807) is 0 Å². The lowest BCUT2D eigenvalue weighted by Crippen LogP contribution is -2.45. The molecule has 0 aromatic rings. The lowest BCUT2D eigenvalue weighted by molar-refractivity contribution is -0.265. The Labute approximate surface area is 72.5 Å². The normalized spacial score (nSPS) is 32.1. The van der Waals surface area contributed by atoms with Gasteiger partial charge in [0.15, 0.2) is 0 Å². The molecule has 0 amide bonds. The van der Waals surface area contributed by atoms with E-state index in [0.717, 1.165) is 0 Å². The van der Waals surface area contributed by atoms with Crippen molar-refractivity contribution in [2.45, 2.75) is 17.4 Å². The van der Waals surface area contributed by atoms with Crippen molar-refractivity contribution in [1.29, 1.82) is 0 Å². The van der Waals surface area contributed by atoms with Crippen LogP contribution in [0.15, 0.2) is 0 Å². The summed E-state index contributed by atoms with van der Waals surface area (Å²) in [6.07, 6.45) is -5.28. The van der Waals surface area contributed by atoms with Crippen molar-refractivity contribution in [2.75, 3.05) is 5.75 Å². The Bertz CT molecular complexity index is 207. The minimum Gasteiger partial charge on any atom is -0.198 e. The smallest absolute Gasteiger partial charge is 0.198 e. The van der Waals surface area contributed by atoms with Crippen molar-refractivity contribution >= 4 is 11.8 Å². The molecule has 78 valence electrons. The summed E-state index contributed by atoms with van der Waals surface area (Å²) in [7, 11) is 0. The lowest BCUT2D eigenvalue weighted by atomic mass is 10.0. The maximum Gasteiger partial charge on any atom is 0.398 e. The van der Waals surface area contributed by atoms with Crippen LogP contribution >= 0.6 is 11.8 Å². The van der Waals surface area contributed by atoms with Gasteiger partial charge in [-0.3, -0.25) is 0 Å². The number of alkyl halides is 7. The molecule has 0 aliphatic carbocycles. The van der Waals surface area contributed by atoms with Crippen molar-refractivity contribution in [3.63, 3.8) is 0 Å². The first-order valence-electron chi connectivity index (χ1n) is 3.05. The van der Waals surface area contributed by atoms with Crippen molar-refractivity contribution in [3.05, 3.63) is 0 Å². The Morgan fingerprint density at radius 3 is 1.69 bits per heavy atom. The van der Waals surface area contributed by atoms with E-state index in [1.807, 2.05) is 0 Å². The first-order valence-corrected chi connectivity index (χ1v) is 4.04. The van der Waals surface area contributed by atoms with Crippen molar-refractivity contribution in [1.82, 2.24) is 0 Å². The zero-order valence-electron chi connectivity index (χ0n) is 5.84. The van der Waals surface area contributed by atoms with Crippen LogP contribution in [0.5, 0.6) is 0 Å². The van der Waals surface area contributed by atoms with Gasteiger partial charge in [0.2, 0.25) is 0 Å². The molecule has 0 aromatic carbocycles. The third-order valence-corrected chi connectivity index (χ3v) is 2.79. The summed E-state index contributed by atoms with van der Waals surface area (Å²) in [6.45, 7) is 0. The summed E-state index contributed by atoms with van der Waals surface area (Å²) in [5.41, 5.74) is 0. The van der Waals surface area contributed by atoms with Gasteiger partial charge in [-0.05, 0) is 0 Å². The first-order chi connectivity index (χ1) is 5.59. The molecule has 0 radical (unpaired) electrons. The molecular weight excluding hydrogens is 225 g/mol. The number of rotatable bonds is 0. The van der Waals surface area contributed by atoms with Crippen LogP contribution in [-0.2, 0) is 0 Å². The van der Waals surface area contributed by atoms with Crippen LogP contribution in [0.4, 0.5) is 30.7 Å². The van der Waals surface area contributed by atoms with Gasteiger partial charge in [-0.25, -0.2) is 0 Å². The Kier molecular flexibility index (Phi) is 2.25. The van der Waals surface area contributed by atoms with Gasteiger partial charge < -0.3 is 0 Å². The predicted octanol–water partition coefficient (Wildman–Crippen LogP) is 3.14. The van der Waals surface area contributed by atoms with Crippen LogP contribution < -0.4 is 0 Å². The summed E-state index contributed by atoms with van der Waals surface area (Å²) in [5, 5.41) is -4.62. The minimum absolute atomic E-state index is 0.662. The average Bonchev–Trinajstić information content (AvgIpc) is 2.00. The van der Waals surface area contributed by atoms with E-state index in [-0.39, 0.29) is 0 Å². The summed E-state index contributed by atoms with van der Waals surface area (Å²) in [6, 6.07) is 0. The molecule has 8 heteroatoms. The van der Waals surface area contributed by atoms with Gasteiger partial charge in [-0.1, -0.05) is 11.8 Å². The summed E-state index contributed by atoms with van der Waals surface area (Å²) < 4.78 is 84.5. The molecule has 0 saturated carbocycles. The zero-order chi connectivity index (χ0) is 10.5. The molecule has 13 heavy (non-hydrogen) atoms. The zero-order valence-corrected chi connectivity index (χ0v) is 6.65. The van der Waals surface area contributed by atoms with E-state index >= 15 is 0 Å². The molecule has 0 N–H and O–H groups in total. The molecule has 0 aromatic heterocycles. The highest BCUT2D eigenvalue weighted by Crippen LogP contribution is 2.58. The molecule has 1 aliphatic heterocycles. The minimum atomic E-state index is -5.28. The fraction of sp³-hybridized carbons (Fsp3) is 1.00. The molecule has 1 saturated heterocycles. The molecule has 1 rings (SSSR count). The van der Waals surface area contributed by atoms with Crippen LogP contribution in [0.25, 0.3) is 0 Å². The van der Waals surface area contributed by atoms with Gasteiger partial charge >= 0.3 is 17.4 Å². The van der Waals surface area contributed by atoms with Gasteiger partial charge in [0.05, 0.1) is 0 Å². The van der Waals surface area contributed by atoms with Gasteiger partial charge in [-0.2, -0.15) is 30.7 Å². The third kappa shape index (κ3) is 1.60. The highest BCUT2D eigenvalue weighted by atomic mass is 32.2. The fourth-order valence-electron chi connectivity index (χ4n) is 0.892. The largest absolute Gasteiger partial charge is 0.398 e. The number of halogens is 7. The Hall–Kier alpha value is -0.140. The highest BCUT2D eigenvalue weighted by Gasteiger charge is 2.73. The second-order valence-corrected chi connectivity index (χ2v) is 3.68. The van der Waals surface area contributed by atoms with E-state index in [4.69, 9.17) is 0 Å². The molecule has 0 spiro atoms. The van der Waals surface area contributed by atoms with Crippen LogP contribution in [0.3, 0.4) is 0 Å². The molecule has 1 fully saturated rings. The molecule has 1 unspecified atom stereocenters. The van der Waals surface area contributed by atoms with Crippen LogP contribution in [-0.4, -0.2) is 23.1 Å². The molecule has 0 nitrogen and oxygen atoms in total. The maximum absolute atomic E-state index is 12.4. The second-order valence-electron chi connectivity index (χ2n) is 2.54. The molecule has 1 atom stereocenters. The fourth-order valence-corrected chi connectivity index (χ4v) is 2.00. The quantitative estimate of drug-likeness (QED) is 0.574. The first kappa shape index (κ1) is 10.9. The SMILES string of the molecule is FC(F)(F)C1CSC(F)(F)C1(F)F. The van der Waals surface area contributed by atoms with Crippen LogP contribution in [0.2, 0.25) is 0 Å². The number of hydrogen-bond acceptors (Lipinski definition) is 1. The van der Waals surface area contributed by atoms with Crippen molar-refractivity contribution in [3.8, 4) is 0 Å². The summed E-state index contributed by atoms with van der Waals surface area (Å²) in [4.78, 5) is 0. The Morgan fingerprint density at radius 2 is 1.54 bits per heavy atom. The van der Waals surface area contributed by atoms with Gasteiger partial charge in [0.1, 0.15) is 5.92 Å². The topological polar surface area (TPSA) is 0 Å². The van der Waals surface area contributed by atoms with Gasteiger partial charge in [-0.15, -0.1) is 0 Å². The standard InChI is InChI=1S/C5H3F7S/c6-3(7)2(4(8,9)10)1-13-5(3,11)12/h2H,1H2. The second kappa shape index (κ2) is 2.68. The lowest BCUT2D eigenvalue weighted by Gasteiger charge is -2.24. The highest BCUT2D eigenvalue weighted by molar-refractivity contribution is 8.00. The monoisotopic (exact) mass is 228 g/mol.